The van der Waals surface area contributed by atoms with Gasteiger partial charge in [0.15, 0.2) is 0 Å². The van der Waals surface area contributed by atoms with Crippen molar-refractivity contribution in [2.75, 3.05) is 13.1 Å². The molecule has 2 heterocycles. The van der Waals surface area contributed by atoms with Crippen LogP contribution in [0.15, 0.2) is 36.4 Å². The van der Waals surface area contributed by atoms with Gasteiger partial charge in [0, 0.05) is 18.0 Å². The van der Waals surface area contributed by atoms with Crippen molar-refractivity contribution in [1.29, 1.82) is 0 Å². The van der Waals surface area contributed by atoms with Gasteiger partial charge in [0.1, 0.15) is 4.88 Å². The molecule has 1 fully saturated rings. The van der Waals surface area contributed by atoms with Gasteiger partial charge in [-0.25, -0.2) is 4.79 Å². The van der Waals surface area contributed by atoms with Crippen molar-refractivity contribution in [2.24, 2.45) is 0 Å². The van der Waals surface area contributed by atoms with E-state index < -0.39 is 5.97 Å². The molecule has 21 heavy (non-hydrogen) atoms. The van der Waals surface area contributed by atoms with Crippen molar-refractivity contribution < 1.29 is 9.90 Å². The van der Waals surface area contributed by atoms with Crippen molar-refractivity contribution in [2.45, 2.75) is 25.8 Å². The fourth-order valence-corrected chi connectivity index (χ4v) is 3.87. The Hall–Kier alpha value is -1.65. The van der Waals surface area contributed by atoms with Crippen LogP contribution >= 0.6 is 11.3 Å². The average Bonchev–Trinajstić information content (AvgIpc) is 3.08. The number of nitrogens with zero attached hydrogens (tertiary/aromatic N) is 1. The van der Waals surface area contributed by atoms with Crippen molar-refractivity contribution in [3.63, 3.8) is 0 Å². The predicted molar refractivity (Wildman–Crippen MR) is 85.1 cm³/mol. The predicted octanol–water partition coefficient (Wildman–Crippen LogP) is 3.74. The third-order valence-electron chi connectivity index (χ3n) is 4.17. The molecule has 4 heteroatoms. The van der Waals surface area contributed by atoms with Crippen LogP contribution in [0, 0.1) is 6.92 Å². The number of rotatable bonds is 4. The van der Waals surface area contributed by atoms with E-state index in [-0.39, 0.29) is 0 Å². The molecule has 1 unspecified atom stereocenters. The quantitative estimate of drug-likeness (QED) is 0.935. The van der Waals surface area contributed by atoms with Gasteiger partial charge in [0.05, 0.1) is 0 Å². The topological polar surface area (TPSA) is 40.5 Å². The first-order valence-electron chi connectivity index (χ1n) is 7.23. The fourth-order valence-electron chi connectivity index (χ4n) is 3.00. The summed E-state index contributed by atoms with van der Waals surface area (Å²) in [4.78, 5) is 15.0. The number of hydrogen-bond acceptors (Lipinski definition) is 3. The number of likely N-dealkylation sites (tertiary alicyclic amines) is 1. The van der Waals surface area contributed by atoms with Gasteiger partial charge in [-0.15, -0.1) is 11.3 Å². The summed E-state index contributed by atoms with van der Waals surface area (Å²) in [6, 6.07) is 12.5. The summed E-state index contributed by atoms with van der Waals surface area (Å²) in [6.45, 7) is 5.01. The van der Waals surface area contributed by atoms with E-state index in [1.54, 1.807) is 0 Å². The molecule has 2 aromatic rings. The highest BCUT2D eigenvalue weighted by Gasteiger charge is 2.24. The molecular weight excluding hydrogens is 282 g/mol. The number of thiophene rings is 1. The van der Waals surface area contributed by atoms with Gasteiger partial charge in [-0.05, 0) is 43.0 Å². The minimum Gasteiger partial charge on any atom is -0.477 e. The number of benzene rings is 1. The number of aromatic carboxylic acids is 1. The first kappa shape index (κ1) is 14.3. The van der Waals surface area contributed by atoms with Crippen LogP contribution in [0.1, 0.15) is 38.0 Å². The van der Waals surface area contributed by atoms with Crippen molar-refractivity contribution in [1.82, 2.24) is 4.90 Å². The molecule has 110 valence electrons. The van der Waals surface area contributed by atoms with Gasteiger partial charge >= 0.3 is 5.97 Å². The van der Waals surface area contributed by atoms with Crippen LogP contribution in [0.2, 0.25) is 0 Å². The summed E-state index contributed by atoms with van der Waals surface area (Å²) < 4.78 is 0. The smallest absolute Gasteiger partial charge is 0.345 e. The average molecular weight is 301 g/mol. The van der Waals surface area contributed by atoms with Crippen LogP contribution in [-0.4, -0.2) is 29.1 Å². The minimum absolute atomic E-state index is 0.446. The lowest BCUT2D eigenvalue weighted by molar-refractivity contribution is 0.0702. The zero-order chi connectivity index (χ0) is 14.8. The molecule has 3 rings (SSSR count). The highest BCUT2D eigenvalue weighted by molar-refractivity contribution is 7.14. The molecule has 1 N–H and O–H groups in total. The third kappa shape index (κ3) is 3.17. The Labute approximate surface area is 128 Å². The Morgan fingerprint density at radius 3 is 2.81 bits per heavy atom. The molecule has 0 aliphatic carbocycles. The molecule has 1 atom stereocenters. The van der Waals surface area contributed by atoms with E-state index in [1.165, 1.54) is 23.3 Å². The van der Waals surface area contributed by atoms with Crippen LogP contribution in [0.5, 0.6) is 0 Å². The second kappa shape index (κ2) is 6.00. The summed E-state index contributed by atoms with van der Waals surface area (Å²) in [5.74, 6) is -0.220. The first-order chi connectivity index (χ1) is 10.1. The summed E-state index contributed by atoms with van der Waals surface area (Å²) in [5.41, 5.74) is 2.57. The lowest BCUT2D eigenvalue weighted by atomic mass is 9.99. The summed E-state index contributed by atoms with van der Waals surface area (Å²) >= 11 is 1.38. The normalized spacial score (nSPS) is 19.0. The SMILES string of the molecule is Cc1sc(C(=O)O)cc1CN1CCC(c2ccccc2)C1. The van der Waals surface area contributed by atoms with Gasteiger partial charge in [-0.1, -0.05) is 30.3 Å². The molecule has 1 aliphatic rings. The Morgan fingerprint density at radius 2 is 2.14 bits per heavy atom. The Kier molecular flexibility index (Phi) is 4.08. The molecule has 0 saturated carbocycles. The standard InChI is InChI=1S/C17H19NO2S/c1-12-15(9-16(21-12)17(19)20)11-18-8-7-14(10-18)13-5-3-2-4-6-13/h2-6,9,14H,7-8,10-11H2,1H3,(H,19,20). The molecule has 0 spiro atoms. The molecule has 1 aromatic heterocycles. The Bertz CT molecular complexity index is 635. The lowest BCUT2D eigenvalue weighted by Crippen LogP contribution is -2.19. The van der Waals surface area contributed by atoms with Crippen molar-refractivity contribution in [3.8, 4) is 0 Å². The van der Waals surface area contributed by atoms with E-state index in [0.29, 0.717) is 10.8 Å². The maximum absolute atomic E-state index is 11.0. The number of hydrogen-bond donors (Lipinski definition) is 1. The fraction of sp³-hybridized carbons (Fsp3) is 0.353. The van der Waals surface area contributed by atoms with Crippen molar-refractivity contribution >= 4 is 17.3 Å². The second-order valence-electron chi connectivity index (χ2n) is 5.63. The molecule has 0 bridgehead atoms. The van der Waals surface area contributed by atoms with E-state index in [0.717, 1.165) is 30.1 Å². The molecule has 0 radical (unpaired) electrons. The van der Waals surface area contributed by atoms with Gasteiger partial charge in [0.2, 0.25) is 0 Å². The van der Waals surface area contributed by atoms with Crippen molar-refractivity contribution in [3.05, 3.63) is 57.3 Å². The monoisotopic (exact) mass is 301 g/mol. The number of carbonyl (C=O) groups is 1. The molecule has 1 aromatic carbocycles. The van der Waals surface area contributed by atoms with E-state index >= 15 is 0 Å². The van der Waals surface area contributed by atoms with E-state index in [4.69, 9.17) is 5.11 Å². The largest absolute Gasteiger partial charge is 0.477 e. The molecule has 0 amide bonds. The Morgan fingerprint density at radius 1 is 1.38 bits per heavy atom. The van der Waals surface area contributed by atoms with Gasteiger partial charge in [0.25, 0.3) is 0 Å². The maximum Gasteiger partial charge on any atom is 0.345 e. The summed E-state index contributed by atoms with van der Waals surface area (Å²) in [7, 11) is 0. The number of aryl methyl sites for hydroxylation is 1. The van der Waals surface area contributed by atoms with E-state index in [1.807, 2.05) is 13.0 Å². The molecule has 1 saturated heterocycles. The summed E-state index contributed by atoms with van der Waals surface area (Å²) in [5, 5.41) is 9.07. The van der Waals surface area contributed by atoms with E-state index in [9.17, 15) is 4.79 Å². The summed E-state index contributed by atoms with van der Waals surface area (Å²) in [6.07, 6.45) is 1.18. The molecule has 3 nitrogen and oxygen atoms in total. The zero-order valence-electron chi connectivity index (χ0n) is 12.1. The zero-order valence-corrected chi connectivity index (χ0v) is 12.9. The Balaban J connectivity index is 1.66. The van der Waals surface area contributed by atoms with Crippen LogP contribution in [0.25, 0.3) is 0 Å². The maximum atomic E-state index is 11.0. The second-order valence-corrected chi connectivity index (χ2v) is 6.88. The third-order valence-corrected chi connectivity index (χ3v) is 5.25. The van der Waals surface area contributed by atoms with E-state index in [2.05, 4.69) is 35.2 Å². The van der Waals surface area contributed by atoms with Crippen LogP contribution in [0.4, 0.5) is 0 Å². The first-order valence-corrected chi connectivity index (χ1v) is 8.05. The number of carboxylic acid groups (broad SMARTS) is 1. The van der Waals surface area contributed by atoms with Crippen LogP contribution in [0.3, 0.4) is 0 Å². The van der Waals surface area contributed by atoms with Crippen LogP contribution in [-0.2, 0) is 6.54 Å². The highest BCUT2D eigenvalue weighted by Crippen LogP contribution is 2.30. The lowest BCUT2D eigenvalue weighted by Gasteiger charge is -2.16. The van der Waals surface area contributed by atoms with Gasteiger partial charge < -0.3 is 5.11 Å². The van der Waals surface area contributed by atoms with Gasteiger partial charge in [-0.2, -0.15) is 0 Å². The van der Waals surface area contributed by atoms with Gasteiger partial charge in [-0.3, -0.25) is 4.90 Å². The number of carboxylic acids is 1. The van der Waals surface area contributed by atoms with Crippen LogP contribution < -0.4 is 0 Å². The highest BCUT2D eigenvalue weighted by atomic mass is 32.1. The minimum atomic E-state index is -0.821. The molecular formula is C17H19NO2S. The molecule has 1 aliphatic heterocycles.